The molecule has 0 radical (unpaired) electrons. The van der Waals surface area contributed by atoms with Gasteiger partial charge in [0, 0.05) is 36.4 Å². The van der Waals surface area contributed by atoms with Crippen molar-refractivity contribution >= 4 is 23.1 Å². The molecule has 0 fully saturated rings. The van der Waals surface area contributed by atoms with Crippen LogP contribution in [-0.4, -0.2) is 36.0 Å². The number of nitrogens with two attached hydrogens (primary N) is 2. The van der Waals surface area contributed by atoms with Gasteiger partial charge in [0.05, 0.1) is 0 Å². The third kappa shape index (κ3) is 4.46. The number of ketones is 1. The van der Waals surface area contributed by atoms with E-state index in [2.05, 4.69) is 4.90 Å². The lowest BCUT2D eigenvalue weighted by atomic mass is 10.0. The summed E-state index contributed by atoms with van der Waals surface area (Å²) < 4.78 is 0. The van der Waals surface area contributed by atoms with E-state index in [1.165, 1.54) is 0 Å². The van der Waals surface area contributed by atoms with Crippen LogP contribution in [0.1, 0.15) is 37.0 Å². The predicted octanol–water partition coefficient (Wildman–Crippen LogP) is 1.49. The fourth-order valence-electron chi connectivity index (χ4n) is 2.12. The van der Waals surface area contributed by atoms with Crippen molar-refractivity contribution in [3.8, 4) is 0 Å². The van der Waals surface area contributed by atoms with E-state index >= 15 is 0 Å². The van der Waals surface area contributed by atoms with E-state index in [1.54, 1.807) is 12.1 Å². The Balaban J connectivity index is 2.88. The zero-order chi connectivity index (χ0) is 16.0. The minimum atomic E-state index is -1.10. The first-order valence-electron chi connectivity index (χ1n) is 7.06. The van der Waals surface area contributed by atoms with Crippen LogP contribution in [0.15, 0.2) is 18.2 Å². The molecule has 0 amide bonds. The molecule has 0 saturated carbocycles. The topological polar surface area (TPSA) is 110 Å². The molecule has 5 N–H and O–H groups in total. The average molecular weight is 293 g/mol. The summed E-state index contributed by atoms with van der Waals surface area (Å²) in [5, 5.41) is 8.73. The Morgan fingerprint density at radius 2 is 1.90 bits per heavy atom. The van der Waals surface area contributed by atoms with Gasteiger partial charge in [0.2, 0.25) is 0 Å². The number of hydrogen-bond acceptors (Lipinski definition) is 5. The molecule has 0 spiro atoms. The molecule has 0 aromatic heterocycles. The number of carboxylic acid groups (broad SMARTS) is 1. The number of rotatable bonds is 8. The summed E-state index contributed by atoms with van der Waals surface area (Å²) in [5.41, 5.74) is 13.0. The first-order chi connectivity index (χ1) is 9.90. The molecule has 0 heterocycles. The van der Waals surface area contributed by atoms with Crippen LogP contribution >= 0.6 is 0 Å². The van der Waals surface area contributed by atoms with Crippen molar-refractivity contribution in [1.29, 1.82) is 0 Å². The van der Waals surface area contributed by atoms with E-state index in [-0.39, 0.29) is 18.6 Å². The van der Waals surface area contributed by atoms with Gasteiger partial charge in [0.15, 0.2) is 5.78 Å². The molecule has 0 aliphatic rings. The Kier molecular flexibility index (Phi) is 6.17. The summed E-state index contributed by atoms with van der Waals surface area (Å²) in [6.45, 7) is 5.73. The van der Waals surface area contributed by atoms with Crippen LogP contribution in [0.25, 0.3) is 0 Å². The molecular weight excluding hydrogens is 270 g/mol. The van der Waals surface area contributed by atoms with Gasteiger partial charge in [0.1, 0.15) is 6.04 Å². The minimum Gasteiger partial charge on any atom is -0.480 e. The van der Waals surface area contributed by atoms with E-state index in [0.717, 1.165) is 18.8 Å². The summed E-state index contributed by atoms with van der Waals surface area (Å²) in [6, 6.07) is 4.32. The minimum absolute atomic E-state index is 0.0688. The summed E-state index contributed by atoms with van der Waals surface area (Å²) in [6.07, 6.45) is 0.169. The highest BCUT2D eigenvalue weighted by molar-refractivity contribution is 6.01. The average Bonchev–Trinajstić information content (AvgIpc) is 2.47. The van der Waals surface area contributed by atoms with Gasteiger partial charge >= 0.3 is 5.97 Å². The standard InChI is InChI=1S/C15H23N3O3/c1-3-18(4-2)10-5-6-12(16)11(9-10)14(19)8-7-13(17)15(20)21/h5-6,9,13H,3-4,7-8,16-17H2,1-2H3,(H,20,21). The van der Waals surface area contributed by atoms with Gasteiger partial charge in [-0.25, -0.2) is 0 Å². The molecule has 1 atom stereocenters. The maximum absolute atomic E-state index is 12.2. The van der Waals surface area contributed by atoms with Gasteiger partial charge in [0.25, 0.3) is 0 Å². The smallest absolute Gasteiger partial charge is 0.320 e. The van der Waals surface area contributed by atoms with Crippen LogP contribution in [0.5, 0.6) is 0 Å². The number of benzene rings is 1. The summed E-state index contributed by atoms with van der Waals surface area (Å²) in [5.74, 6) is -1.29. The number of nitrogens with zero attached hydrogens (tertiary/aromatic N) is 1. The number of carboxylic acids is 1. The van der Waals surface area contributed by atoms with Gasteiger partial charge in [-0.2, -0.15) is 0 Å². The van der Waals surface area contributed by atoms with Crippen molar-refractivity contribution in [2.24, 2.45) is 5.73 Å². The lowest BCUT2D eigenvalue weighted by Crippen LogP contribution is -2.30. The molecule has 1 aromatic rings. The van der Waals surface area contributed by atoms with Crippen molar-refractivity contribution in [3.63, 3.8) is 0 Å². The van der Waals surface area contributed by atoms with Crippen LogP contribution in [0.2, 0.25) is 0 Å². The van der Waals surface area contributed by atoms with Crippen molar-refractivity contribution < 1.29 is 14.7 Å². The number of carbonyl (C=O) groups is 2. The van der Waals surface area contributed by atoms with E-state index in [0.29, 0.717) is 11.3 Å². The lowest BCUT2D eigenvalue weighted by molar-refractivity contribution is -0.138. The number of Topliss-reactive ketones (excluding diaryl/α,β-unsaturated/α-hetero) is 1. The van der Waals surface area contributed by atoms with Crippen molar-refractivity contribution in [1.82, 2.24) is 0 Å². The van der Waals surface area contributed by atoms with Gasteiger partial charge in [-0.05, 0) is 38.5 Å². The Morgan fingerprint density at radius 1 is 1.29 bits per heavy atom. The van der Waals surface area contributed by atoms with E-state index in [1.807, 2.05) is 19.9 Å². The molecule has 6 nitrogen and oxygen atoms in total. The molecule has 6 heteroatoms. The molecule has 0 bridgehead atoms. The molecule has 0 aliphatic heterocycles. The van der Waals surface area contributed by atoms with Crippen LogP contribution in [0.3, 0.4) is 0 Å². The molecule has 1 unspecified atom stereocenters. The normalized spacial score (nSPS) is 12.0. The fraction of sp³-hybridized carbons (Fsp3) is 0.467. The highest BCUT2D eigenvalue weighted by Crippen LogP contribution is 2.23. The second-order valence-electron chi connectivity index (χ2n) is 4.85. The molecule has 21 heavy (non-hydrogen) atoms. The second-order valence-corrected chi connectivity index (χ2v) is 4.85. The van der Waals surface area contributed by atoms with Crippen LogP contribution in [0.4, 0.5) is 11.4 Å². The lowest BCUT2D eigenvalue weighted by Gasteiger charge is -2.22. The highest BCUT2D eigenvalue weighted by atomic mass is 16.4. The number of anilines is 2. The maximum atomic E-state index is 12.2. The second kappa shape index (κ2) is 7.64. The largest absolute Gasteiger partial charge is 0.480 e. The van der Waals surface area contributed by atoms with Crippen LogP contribution < -0.4 is 16.4 Å². The monoisotopic (exact) mass is 293 g/mol. The van der Waals surface area contributed by atoms with Crippen LogP contribution in [-0.2, 0) is 4.79 Å². The van der Waals surface area contributed by atoms with E-state index in [9.17, 15) is 9.59 Å². The molecule has 1 rings (SSSR count). The molecule has 0 saturated heterocycles. The molecule has 0 aliphatic carbocycles. The first kappa shape index (κ1) is 17.0. The number of nitrogen functional groups attached to an aromatic ring is 1. The molecule has 1 aromatic carbocycles. The fourth-order valence-corrected chi connectivity index (χ4v) is 2.12. The van der Waals surface area contributed by atoms with Gasteiger partial charge in [-0.1, -0.05) is 0 Å². The number of carbonyl (C=O) groups excluding carboxylic acids is 1. The Hall–Kier alpha value is -2.08. The molecule has 116 valence electrons. The van der Waals surface area contributed by atoms with E-state index in [4.69, 9.17) is 16.6 Å². The van der Waals surface area contributed by atoms with Crippen LogP contribution in [0, 0.1) is 0 Å². The van der Waals surface area contributed by atoms with Gasteiger partial charge in [-0.15, -0.1) is 0 Å². The SMILES string of the molecule is CCN(CC)c1ccc(N)c(C(=O)CCC(N)C(=O)O)c1. The summed E-state index contributed by atoms with van der Waals surface area (Å²) >= 11 is 0. The maximum Gasteiger partial charge on any atom is 0.320 e. The van der Waals surface area contributed by atoms with Crippen molar-refractivity contribution in [2.45, 2.75) is 32.7 Å². The highest BCUT2D eigenvalue weighted by Gasteiger charge is 2.17. The Labute approximate surface area is 124 Å². The number of aliphatic carboxylic acids is 1. The quantitative estimate of drug-likeness (QED) is 0.495. The predicted molar refractivity (Wildman–Crippen MR) is 83.6 cm³/mol. The first-order valence-corrected chi connectivity index (χ1v) is 7.06. The van der Waals surface area contributed by atoms with Gasteiger partial charge in [-0.3, -0.25) is 9.59 Å². The zero-order valence-electron chi connectivity index (χ0n) is 12.5. The summed E-state index contributed by atoms with van der Waals surface area (Å²) in [7, 11) is 0. The molecular formula is C15H23N3O3. The Bertz CT molecular complexity index is 513. The van der Waals surface area contributed by atoms with Gasteiger partial charge < -0.3 is 21.5 Å². The number of hydrogen-bond donors (Lipinski definition) is 3. The third-order valence-corrected chi connectivity index (χ3v) is 3.47. The van der Waals surface area contributed by atoms with Crippen molar-refractivity contribution in [2.75, 3.05) is 23.7 Å². The zero-order valence-corrected chi connectivity index (χ0v) is 12.5. The third-order valence-electron chi connectivity index (χ3n) is 3.47. The van der Waals surface area contributed by atoms with E-state index < -0.39 is 12.0 Å². The Morgan fingerprint density at radius 3 is 2.43 bits per heavy atom. The summed E-state index contributed by atoms with van der Waals surface area (Å²) in [4.78, 5) is 25.0. The van der Waals surface area contributed by atoms with Crippen molar-refractivity contribution in [3.05, 3.63) is 23.8 Å².